The first-order valence-corrected chi connectivity index (χ1v) is 6.55. The minimum absolute atomic E-state index is 0.664. The molecule has 0 amide bonds. The van der Waals surface area contributed by atoms with Gasteiger partial charge in [-0.3, -0.25) is 0 Å². The molecule has 1 aliphatic heterocycles. The van der Waals surface area contributed by atoms with E-state index >= 15 is 0 Å². The Labute approximate surface area is 111 Å². The Hall–Kier alpha value is -1.95. The maximum atomic E-state index is 5.37. The zero-order chi connectivity index (χ0) is 12.9. The van der Waals surface area contributed by atoms with Crippen molar-refractivity contribution in [3.05, 3.63) is 31.0 Å². The minimum Gasteiger partial charge on any atom is -0.382 e. The molecule has 0 spiro atoms. The Morgan fingerprint density at radius 3 is 3.05 bits per heavy atom. The zero-order valence-electron chi connectivity index (χ0n) is 10.7. The van der Waals surface area contributed by atoms with Crippen LogP contribution in [0.3, 0.4) is 0 Å². The topological polar surface area (TPSA) is 64.9 Å². The van der Waals surface area contributed by atoms with E-state index in [4.69, 9.17) is 4.74 Å². The highest BCUT2D eigenvalue weighted by atomic mass is 16.5. The molecule has 0 bridgehead atoms. The first-order valence-electron chi connectivity index (χ1n) is 6.55. The van der Waals surface area contributed by atoms with Crippen LogP contribution in [0.2, 0.25) is 0 Å². The lowest BCUT2D eigenvalue weighted by atomic mass is 10.0. The fourth-order valence-corrected chi connectivity index (χ4v) is 2.24. The Kier molecular flexibility index (Phi) is 3.69. The molecule has 1 saturated heterocycles. The van der Waals surface area contributed by atoms with Crippen LogP contribution in [0, 0.1) is 5.92 Å². The predicted octanol–water partition coefficient (Wildman–Crippen LogP) is 1.50. The molecule has 2 aromatic rings. The maximum absolute atomic E-state index is 5.37. The second-order valence-corrected chi connectivity index (χ2v) is 4.65. The summed E-state index contributed by atoms with van der Waals surface area (Å²) in [6.45, 7) is 2.68. The summed E-state index contributed by atoms with van der Waals surface area (Å²) in [6.07, 6.45) is 7.16. The standard InChI is InChI=1S/C13H17N5O/c1-2-12(16-8-11-3-6-19-7-4-11)13(15-5-1)18-10-14-9-17-18/h1-2,5,9-11,16H,3-4,6-8H2. The summed E-state index contributed by atoms with van der Waals surface area (Å²) in [4.78, 5) is 8.32. The average molecular weight is 259 g/mol. The van der Waals surface area contributed by atoms with Crippen molar-refractivity contribution in [1.82, 2.24) is 19.7 Å². The Morgan fingerprint density at radius 1 is 1.37 bits per heavy atom. The molecule has 0 saturated carbocycles. The summed E-state index contributed by atoms with van der Waals surface area (Å²) in [5.41, 5.74) is 0.986. The van der Waals surface area contributed by atoms with E-state index in [1.54, 1.807) is 17.2 Å². The van der Waals surface area contributed by atoms with Crippen molar-refractivity contribution in [1.29, 1.82) is 0 Å². The lowest BCUT2D eigenvalue weighted by molar-refractivity contribution is 0.0699. The molecule has 6 heteroatoms. The number of rotatable bonds is 4. The Balaban J connectivity index is 1.70. The molecule has 1 fully saturated rings. The molecule has 3 rings (SSSR count). The van der Waals surface area contributed by atoms with Gasteiger partial charge in [0.15, 0.2) is 5.82 Å². The summed E-state index contributed by atoms with van der Waals surface area (Å²) in [7, 11) is 0. The van der Waals surface area contributed by atoms with Gasteiger partial charge in [-0.15, -0.1) is 0 Å². The number of nitrogens with one attached hydrogen (secondary N) is 1. The van der Waals surface area contributed by atoms with Gasteiger partial charge in [0.25, 0.3) is 0 Å². The molecule has 3 heterocycles. The van der Waals surface area contributed by atoms with Gasteiger partial charge in [-0.25, -0.2) is 14.6 Å². The van der Waals surface area contributed by atoms with Crippen LogP contribution < -0.4 is 5.32 Å². The van der Waals surface area contributed by atoms with Crippen molar-refractivity contribution >= 4 is 5.69 Å². The molecule has 100 valence electrons. The van der Waals surface area contributed by atoms with Crippen molar-refractivity contribution in [2.75, 3.05) is 25.1 Å². The van der Waals surface area contributed by atoms with Crippen LogP contribution in [0.4, 0.5) is 5.69 Å². The predicted molar refractivity (Wildman–Crippen MR) is 71.2 cm³/mol. The van der Waals surface area contributed by atoms with E-state index in [0.717, 1.165) is 44.1 Å². The van der Waals surface area contributed by atoms with E-state index in [-0.39, 0.29) is 0 Å². The minimum atomic E-state index is 0.664. The van der Waals surface area contributed by atoms with Crippen molar-refractivity contribution in [2.24, 2.45) is 5.92 Å². The van der Waals surface area contributed by atoms with Crippen molar-refractivity contribution in [3.63, 3.8) is 0 Å². The number of aromatic nitrogens is 4. The van der Waals surface area contributed by atoms with Gasteiger partial charge < -0.3 is 10.1 Å². The molecule has 1 aliphatic rings. The van der Waals surface area contributed by atoms with Crippen LogP contribution >= 0.6 is 0 Å². The molecular weight excluding hydrogens is 242 g/mol. The highest BCUT2D eigenvalue weighted by molar-refractivity contribution is 5.56. The van der Waals surface area contributed by atoms with Gasteiger partial charge in [0, 0.05) is 26.0 Å². The Bertz CT molecular complexity index is 508. The van der Waals surface area contributed by atoms with E-state index < -0.39 is 0 Å². The number of anilines is 1. The van der Waals surface area contributed by atoms with Crippen LogP contribution in [-0.2, 0) is 4.74 Å². The first kappa shape index (κ1) is 12.1. The third kappa shape index (κ3) is 2.90. The number of hydrogen-bond acceptors (Lipinski definition) is 5. The van der Waals surface area contributed by atoms with Crippen molar-refractivity contribution < 1.29 is 4.74 Å². The zero-order valence-corrected chi connectivity index (χ0v) is 10.7. The molecule has 19 heavy (non-hydrogen) atoms. The maximum Gasteiger partial charge on any atom is 0.178 e. The van der Waals surface area contributed by atoms with Gasteiger partial charge in [0.2, 0.25) is 0 Å². The Morgan fingerprint density at radius 2 is 2.26 bits per heavy atom. The number of pyridine rings is 1. The molecule has 0 radical (unpaired) electrons. The molecule has 0 aliphatic carbocycles. The van der Waals surface area contributed by atoms with Crippen LogP contribution in [0.25, 0.3) is 5.82 Å². The van der Waals surface area contributed by atoms with Crippen LogP contribution in [0.1, 0.15) is 12.8 Å². The molecule has 2 aromatic heterocycles. The summed E-state index contributed by atoms with van der Waals surface area (Å²) < 4.78 is 7.04. The van der Waals surface area contributed by atoms with Gasteiger partial charge in [-0.1, -0.05) is 0 Å². The van der Waals surface area contributed by atoms with Crippen LogP contribution in [0.15, 0.2) is 31.0 Å². The summed E-state index contributed by atoms with van der Waals surface area (Å²) in [5, 5.41) is 7.59. The highest BCUT2D eigenvalue weighted by Crippen LogP contribution is 2.19. The number of hydrogen-bond donors (Lipinski definition) is 1. The molecule has 1 N–H and O–H groups in total. The molecule has 0 unspecified atom stereocenters. The number of nitrogens with zero attached hydrogens (tertiary/aromatic N) is 4. The van der Waals surface area contributed by atoms with E-state index in [1.807, 2.05) is 12.1 Å². The molecule has 6 nitrogen and oxygen atoms in total. The fourth-order valence-electron chi connectivity index (χ4n) is 2.24. The van der Waals surface area contributed by atoms with Gasteiger partial charge >= 0.3 is 0 Å². The second-order valence-electron chi connectivity index (χ2n) is 4.65. The molecule has 0 atom stereocenters. The monoisotopic (exact) mass is 259 g/mol. The van der Waals surface area contributed by atoms with Gasteiger partial charge in [0.1, 0.15) is 12.7 Å². The third-order valence-corrected chi connectivity index (χ3v) is 3.34. The summed E-state index contributed by atoms with van der Waals surface area (Å²) >= 11 is 0. The molecular formula is C13H17N5O. The fraction of sp³-hybridized carbons (Fsp3) is 0.462. The van der Waals surface area contributed by atoms with Crippen molar-refractivity contribution in [2.45, 2.75) is 12.8 Å². The van der Waals surface area contributed by atoms with Crippen LogP contribution in [0.5, 0.6) is 0 Å². The first-order chi connectivity index (χ1) is 9.43. The third-order valence-electron chi connectivity index (χ3n) is 3.34. The lowest BCUT2D eigenvalue weighted by Crippen LogP contribution is -2.23. The quantitative estimate of drug-likeness (QED) is 0.901. The lowest BCUT2D eigenvalue weighted by Gasteiger charge is -2.23. The number of ether oxygens (including phenoxy) is 1. The average Bonchev–Trinajstić information content (AvgIpc) is 3.01. The SMILES string of the molecule is c1cnc(-n2cncn2)c(NCC2CCOCC2)c1. The van der Waals surface area contributed by atoms with E-state index in [9.17, 15) is 0 Å². The summed E-state index contributed by atoms with van der Waals surface area (Å²) in [6, 6.07) is 3.94. The van der Waals surface area contributed by atoms with Gasteiger partial charge in [0.05, 0.1) is 5.69 Å². The van der Waals surface area contributed by atoms with Gasteiger partial charge in [-0.05, 0) is 30.9 Å². The van der Waals surface area contributed by atoms with Gasteiger partial charge in [-0.2, -0.15) is 5.10 Å². The summed E-state index contributed by atoms with van der Waals surface area (Å²) in [5.74, 6) is 1.45. The largest absolute Gasteiger partial charge is 0.382 e. The molecule has 0 aromatic carbocycles. The van der Waals surface area contributed by atoms with E-state index in [0.29, 0.717) is 5.92 Å². The second kappa shape index (κ2) is 5.79. The smallest absolute Gasteiger partial charge is 0.178 e. The van der Waals surface area contributed by atoms with Crippen LogP contribution in [-0.4, -0.2) is 39.5 Å². The normalized spacial score (nSPS) is 16.4. The highest BCUT2D eigenvalue weighted by Gasteiger charge is 2.14. The van der Waals surface area contributed by atoms with E-state index in [2.05, 4.69) is 20.4 Å². The van der Waals surface area contributed by atoms with E-state index in [1.165, 1.54) is 6.33 Å². The van der Waals surface area contributed by atoms with Crippen molar-refractivity contribution in [3.8, 4) is 5.82 Å².